The number of hydrogen-bond acceptors (Lipinski definition) is 8. The highest BCUT2D eigenvalue weighted by Crippen LogP contribution is 2.89. The third kappa shape index (κ3) is 4.54. The minimum absolute atomic E-state index is 0.0135. The summed E-state index contributed by atoms with van der Waals surface area (Å²) in [4.78, 5) is 5.18. The third-order valence-corrected chi connectivity index (χ3v) is 17.4. The molecule has 8 aliphatic rings. The van der Waals surface area contributed by atoms with Crippen molar-refractivity contribution in [1.29, 1.82) is 0 Å². The summed E-state index contributed by atoms with van der Waals surface area (Å²) in [6.07, 6.45) is 6.90. The Morgan fingerprint density at radius 2 is 1.62 bits per heavy atom. The Labute approximate surface area is 290 Å². The van der Waals surface area contributed by atoms with Crippen LogP contribution in [0.3, 0.4) is 0 Å². The largest absolute Gasteiger partial charge is 0.390 e. The van der Waals surface area contributed by atoms with E-state index in [0.29, 0.717) is 40.7 Å². The predicted octanol–water partition coefficient (Wildman–Crippen LogP) is 5.07. The van der Waals surface area contributed by atoms with Crippen LogP contribution in [0.2, 0.25) is 0 Å². The lowest BCUT2D eigenvalue weighted by Crippen LogP contribution is -2.64. The zero-order valence-electron chi connectivity index (χ0n) is 31.6. The minimum Gasteiger partial charge on any atom is -0.390 e. The Hall–Kier alpha value is -0.320. The van der Waals surface area contributed by atoms with Crippen LogP contribution >= 0.6 is 0 Å². The van der Waals surface area contributed by atoms with Crippen molar-refractivity contribution in [3.8, 4) is 0 Å². The van der Waals surface area contributed by atoms with E-state index in [0.717, 1.165) is 58.5 Å². The Kier molecular flexibility index (Phi) is 8.04. The first-order valence-corrected chi connectivity index (χ1v) is 19.9. The van der Waals surface area contributed by atoms with E-state index in [-0.39, 0.29) is 40.7 Å². The molecule has 3 heterocycles. The molecule has 0 bridgehead atoms. The fourth-order valence-corrected chi connectivity index (χ4v) is 14.6. The van der Waals surface area contributed by atoms with E-state index in [1.165, 1.54) is 25.7 Å². The quantitative estimate of drug-likeness (QED) is 0.361. The van der Waals surface area contributed by atoms with Gasteiger partial charge in [-0.25, -0.2) is 0 Å². The molecule has 0 aromatic heterocycles. The van der Waals surface area contributed by atoms with Gasteiger partial charge in [-0.15, -0.1) is 0 Å². The number of aliphatic hydroxyl groups is 3. The second-order valence-corrected chi connectivity index (χ2v) is 20.3. The second-order valence-electron chi connectivity index (χ2n) is 20.3. The zero-order valence-corrected chi connectivity index (χ0v) is 31.6. The summed E-state index contributed by atoms with van der Waals surface area (Å²) >= 11 is 0. The molecule has 3 N–H and O–H groups in total. The molecule has 5 saturated carbocycles. The van der Waals surface area contributed by atoms with Gasteiger partial charge in [0.15, 0.2) is 6.29 Å². The van der Waals surface area contributed by atoms with Gasteiger partial charge in [-0.1, -0.05) is 34.6 Å². The summed E-state index contributed by atoms with van der Waals surface area (Å²) in [5.41, 5.74) is -0.781. The predicted molar refractivity (Wildman–Crippen MR) is 185 cm³/mol. The van der Waals surface area contributed by atoms with Gasteiger partial charge < -0.3 is 29.5 Å². The molecule has 48 heavy (non-hydrogen) atoms. The van der Waals surface area contributed by atoms with Gasteiger partial charge in [0.1, 0.15) is 6.10 Å². The van der Waals surface area contributed by atoms with Crippen molar-refractivity contribution in [2.24, 2.45) is 50.7 Å². The van der Waals surface area contributed by atoms with Crippen molar-refractivity contribution in [3.63, 3.8) is 0 Å². The van der Waals surface area contributed by atoms with Crippen molar-refractivity contribution < 1.29 is 29.5 Å². The lowest BCUT2D eigenvalue weighted by Gasteiger charge is -2.64. The highest BCUT2D eigenvalue weighted by Gasteiger charge is 2.84. The summed E-state index contributed by atoms with van der Waals surface area (Å²) < 4.78 is 20.0. The molecular formula is C40H68N2O6. The normalized spacial score (nSPS) is 52.8. The Bertz CT molecular complexity index is 1250. The van der Waals surface area contributed by atoms with Gasteiger partial charge in [-0.3, -0.25) is 9.80 Å². The maximum Gasteiger partial charge on any atom is 0.170 e. The van der Waals surface area contributed by atoms with Gasteiger partial charge in [0, 0.05) is 43.7 Å². The van der Waals surface area contributed by atoms with Crippen LogP contribution in [0.1, 0.15) is 114 Å². The molecule has 8 nitrogen and oxygen atoms in total. The van der Waals surface area contributed by atoms with Crippen LogP contribution in [0.15, 0.2) is 0 Å². The minimum atomic E-state index is -1.24. The molecule has 8 heteroatoms. The maximum absolute atomic E-state index is 12.5. The number of rotatable bonds is 6. The van der Waals surface area contributed by atoms with E-state index in [2.05, 4.69) is 58.3 Å². The number of likely N-dealkylation sites (tertiary alicyclic amines) is 1. The second kappa shape index (κ2) is 11.1. The van der Waals surface area contributed by atoms with Crippen molar-refractivity contribution in [2.45, 2.75) is 168 Å². The summed E-state index contributed by atoms with van der Waals surface area (Å²) in [5.74, 6) is 1.68. The molecule has 0 aromatic carbocycles. The Morgan fingerprint density at radius 3 is 2.31 bits per heavy atom. The molecule has 5 aliphatic carbocycles. The van der Waals surface area contributed by atoms with E-state index in [4.69, 9.17) is 14.2 Å². The average Bonchev–Trinajstić information content (AvgIpc) is 3.61. The van der Waals surface area contributed by atoms with E-state index < -0.39 is 23.9 Å². The van der Waals surface area contributed by atoms with E-state index >= 15 is 0 Å². The fraction of sp³-hybridized carbons (Fsp3) is 1.00. The van der Waals surface area contributed by atoms with Crippen molar-refractivity contribution in [1.82, 2.24) is 9.80 Å². The smallest absolute Gasteiger partial charge is 0.170 e. The summed E-state index contributed by atoms with van der Waals surface area (Å²) in [7, 11) is 0. The molecule has 8 rings (SSSR count). The van der Waals surface area contributed by atoms with Crippen LogP contribution in [-0.4, -0.2) is 112 Å². The molecule has 8 fully saturated rings. The molecule has 14 atom stereocenters. The molecule has 0 aromatic rings. The lowest BCUT2D eigenvalue weighted by molar-refractivity contribution is -0.253. The molecule has 0 radical (unpaired) electrons. The van der Waals surface area contributed by atoms with Gasteiger partial charge in [0.2, 0.25) is 0 Å². The van der Waals surface area contributed by atoms with Gasteiger partial charge >= 0.3 is 0 Å². The third-order valence-electron chi connectivity index (χ3n) is 17.4. The van der Waals surface area contributed by atoms with Gasteiger partial charge in [-0.05, 0) is 124 Å². The van der Waals surface area contributed by atoms with Crippen LogP contribution in [0.25, 0.3) is 0 Å². The zero-order chi connectivity index (χ0) is 34.4. The SMILES string of the molecule is CC(C)N1CC(N2CCO[C@@H](O[C@H]3CC[C@]45CC46CC[C@]4(C)[C@@H]7C(OC([C@H](O)C(C)(C)O)C[C@H]7C)[C@H](O)[C@@]4(C)C6CC[C@H]5C3(C)C)C2)C1. The summed E-state index contributed by atoms with van der Waals surface area (Å²) in [6, 6.07) is 1.25. The highest BCUT2D eigenvalue weighted by molar-refractivity contribution is 5.33. The van der Waals surface area contributed by atoms with Crippen LogP contribution in [-0.2, 0) is 14.2 Å². The molecule has 3 aliphatic heterocycles. The van der Waals surface area contributed by atoms with Crippen LogP contribution in [0.5, 0.6) is 0 Å². The molecular weight excluding hydrogens is 604 g/mol. The first-order valence-electron chi connectivity index (χ1n) is 19.9. The van der Waals surface area contributed by atoms with E-state index in [9.17, 15) is 15.3 Å². The van der Waals surface area contributed by atoms with Gasteiger partial charge in [0.25, 0.3) is 0 Å². The van der Waals surface area contributed by atoms with Crippen molar-refractivity contribution in [2.75, 3.05) is 32.8 Å². The first kappa shape index (κ1) is 34.7. The highest BCUT2D eigenvalue weighted by atomic mass is 16.7. The van der Waals surface area contributed by atoms with Crippen LogP contribution in [0.4, 0.5) is 0 Å². The van der Waals surface area contributed by atoms with Gasteiger partial charge in [0.05, 0.1) is 36.6 Å². The average molecular weight is 673 g/mol. The Balaban J connectivity index is 0.991. The maximum atomic E-state index is 12.5. The Morgan fingerprint density at radius 1 is 0.938 bits per heavy atom. The van der Waals surface area contributed by atoms with Crippen LogP contribution in [0, 0.1) is 50.7 Å². The van der Waals surface area contributed by atoms with E-state index in [1.54, 1.807) is 13.8 Å². The van der Waals surface area contributed by atoms with E-state index in [1.807, 2.05) is 0 Å². The van der Waals surface area contributed by atoms with Crippen molar-refractivity contribution in [3.05, 3.63) is 0 Å². The number of ether oxygens (including phenoxy) is 3. The molecule has 0 amide bonds. The molecule has 274 valence electrons. The first-order chi connectivity index (χ1) is 22.4. The number of aliphatic hydroxyl groups excluding tert-OH is 2. The number of hydrogen-bond donors (Lipinski definition) is 3. The van der Waals surface area contributed by atoms with Crippen LogP contribution < -0.4 is 0 Å². The lowest BCUT2D eigenvalue weighted by atomic mass is 9.41. The van der Waals surface area contributed by atoms with Gasteiger partial charge in [-0.2, -0.15) is 0 Å². The summed E-state index contributed by atoms with van der Waals surface area (Å²) in [5, 5.41) is 34.2. The van der Waals surface area contributed by atoms with Crippen molar-refractivity contribution >= 4 is 0 Å². The molecule has 2 spiro atoms. The number of nitrogens with zero attached hydrogens (tertiary/aromatic N) is 2. The topological polar surface area (TPSA) is 94.9 Å². The number of morpholine rings is 1. The number of fused-ring (bicyclic) bond motifs is 4. The molecule has 4 unspecified atom stereocenters. The fourth-order valence-electron chi connectivity index (χ4n) is 14.6. The monoisotopic (exact) mass is 673 g/mol. The summed E-state index contributed by atoms with van der Waals surface area (Å²) in [6.45, 7) is 25.1. The standard InChI is InChI=1S/C40H68N2O6/c1-23(2)42-19-25(20-42)41-16-17-46-30(21-41)48-29-12-13-39-22-40(39)15-14-37(8)31-24(3)18-26(33(43)36(6,7)45)47-32(31)34(44)38(37,9)28(40)11-10-27(39)35(29,4)5/h23-34,43-45H,10-22H2,1-9H3/t24-,26?,27+,28?,29+,30+,31+,32?,33+,34+,37-,38-,39-,40?/m1/s1. The molecule has 3 saturated heterocycles.